The zero-order valence-electron chi connectivity index (χ0n) is 8.25. The molecule has 0 aliphatic rings. The minimum atomic E-state index is -0.330. The molecule has 2 aromatic rings. The van der Waals surface area contributed by atoms with Crippen molar-refractivity contribution >= 4 is 0 Å². The summed E-state index contributed by atoms with van der Waals surface area (Å²) in [6, 6.07) is 8.80. The van der Waals surface area contributed by atoms with Gasteiger partial charge in [-0.2, -0.15) is 0 Å². The maximum atomic E-state index is 9.62. The molecule has 0 saturated heterocycles. The Morgan fingerprint density at radius 3 is 1.31 bits per heavy atom. The second kappa shape index (κ2) is 3.66. The molecule has 0 spiro atoms. The Labute approximate surface area is 91.7 Å². The smallest absolute Gasteiger partial charge is 0.165 e. The fraction of sp³-hybridized carbons (Fsp3) is 0. The fourth-order valence-corrected chi connectivity index (χ4v) is 1.50. The number of benzene rings is 2. The Morgan fingerprint density at radius 1 is 0.562 bits per heavy atom. The molecule has 0 fully saturated rings. The van der Waals surface area contributed by atoms with E-state index in [-0.39, 0.29) is 34.1 Å². The lowest BCUT2D eigenvalue weighted by Gasteiger charge is -2.08. The fourth-order valence-electron chi connectivity index (χ4n) is 1.50. The maximum Gasteiger partial charge on any atom is 0.165 e. The first-order valence-corrected chi connectivity index (χ1v) is 4.63. The molecule has 4 nitrogen and oxygen atoms in total. The van der Waals surface area contributed by atoms with Crippen LogP contribution >= 0.6 is 0 Å². The van der Waals surface area contributed by atoms with Crippen molar-refractivity contribution in [3.8, 4) is 34.1 Å². The number of aromatic hydroxyl groups is 4. The molecule has 0 atom stereocenters. The van der Waals surface area contributed by atoms with Crippen molar-refractivity contribution in [3.05, 3.63) is 36.4 Å². The zero-order chi connectivity index (χ0) is 11.7. The van der Waals surface area contributed by atoms with Gasteiger partial charge in [-0.05, 0) is 12.1 Å². The predicted molar refractivity (Wildman–Crippen MR) is 58.5 cm³/mol. The molecule has 0 saturated carbocycles. The second-order valence-corrected chi connectivity index (χ2v) is 3.35. The molecular formula is C12H10O4. The van der Waals surface area contributed by atoms with Crippen molar-refractivity contribution in [2.45, 2.75) is 0 Å². The Kier molecular flexibility index (Phi) is 2.32. The van der Waals surface area contributed by atoms with Crippen molar-refractivity contribution in [3.63, 3.8) is 0 Å². The van der Waals surface area contributed by atoms with Gasteiger partial charge in [-0.1, -0.05) is 24.3 Å². The quantitative estimate of drug-likeness (QED) is 0.553. The Morgan fingerprint density at radius 2 is 0.938 bits per heavy atom. The van der Waals surface area contributed by atoms with Crippen molar-refractivity contribution in [2.75, 3.05) is 0 Å². The summed E-state index contributed by atoms with van der Waals surface area (Å²) in [7, 11) is 0. The molecule has 0 aromatic heterocycles. The van der Waals surface area contributed by atoms with Gasteiger partial charge in [-0.25, -0.2) is 0 Å². The topological polar surface area (TPSA) is 80.9 Å². The molecule has 0 radical (unpaired) electrons. The van der Waals surface area contributed by atoms with E-state index in [0.29, 0.717) is 0 Å². The third-order valence-corrected chi connectivity index (χ3v) is 2.32. The van der Waals surface area contributed by atoms with Gasteiger partial charge >= 0.3 is 0 Å². The lowest BCUT2D eigenvalue weighted by Crippen LogP contribution is -1.81. The van der Waals surface area contributed by atoms with Gasteiger partial charge in [-0.3, -0.25) is 0 Å². The highest BCUT2D eigenvalue weighted by atomic mass is 16.3. The molecule has 4 N–H and O–H groups in total. The Balaban J connectivity index is 2.68. The maximum absolute atomic E-state index is 9.62. The number of para-hydroxylation sites is 2. The van der Waals surface area contributed by atoms with Gasteiger partial charge in [0.25, 0.3) is 0 Å². The average molecular weight is 218 g/mol. The van der Waals surface area contributed by atoms with Crippen LogP contribution in [0.1, 0.15) is 0 Å². The third-order valence-electron chi connectivity index (χ3n) is 2.32. The predicted octanol–water partition coefficient (Wildman–Crippen LogP) is 2.18. The summed E-state index contributed by atoms with van der Waals surface area (Å²) < 4.78 is 0. The molecule has 82 valence electrons. The highest BCUT2D eigenvalue weighted by Crippen LogP contribution is 2.42. The lowest BCUT2D eigenvalue weighted by atomic mass is 10.0. The first-order valence-electron chi connectivity index (χ1n) is 4.63. The van der Waals surface area contributed by atoms with Crippen LogP contribution in [0.2, 0.25) is 0 Å². The number of hydrogen-bond acceptors (Lipinski definition) is 4. The van der Waals surface area contributed by atoms with Crippen LogP contribution in [0, 0.1) is 0 Å². The van der Waals surface area contributed by atoms with Gasteiger partial charge in [0.2, 0.25) is 0 Å². The number of rotatable bonds is 1. The molecule has 4 heteroatoms. The number of phenolic OH excluding ortho intramolecular Hbond substituents is 4. The summed E-state index contributed by atoms with van der Waals surface area (Å²) in [5, 5.41) is 37.9. The van der Waals surface area contributed by atoms with Gasteiger partial charge in [-0.15, -0.1) is 0 Å². The van der Waals surface area contributed by atoms with Crippen molar-refractivity contribution in [2.24, 2.45) is 0 Å². The van der Waals surface area contributed by atoms with Crippen LogP contribution in [-0.4, -0.2) is 20.4 Å². The van der Waals surface area contributed by atoms with E-state index in [1.807, 2.05) is 0 Å². The van der Waals surface area contributed by atoms with Gasteiger partial charge in [0.15, 0.2) is 23.0 Å². The Hall–Kier alpha value is -2.36. The van der Waals surface area contributed by atoms with Crippen LogP contribution in [0.15, 0.2) is 36.4 Å². The van der Waals surface area contributed by atoms with Crippen LogP contribution in [-0.2, 0) is 0 Å². The van der Waals surface area contributed by atoms with Gasteiger partial charge in [0, 0.05) is 11.1 Å². The summed E-state index contributed by atoms with van der Waals surface area (Å²) in [5.41, 5.74) is 0.516. The zero-order valence-corrected chi connectivity index (χ0v) is 8.25. The third kappa shape index (κ3) is 1.50. The normalized spacial score (nSPS) is 10.2. The summed E-state index contributed by atoms with van der Waals surface area (Å²) in [5.74, 6) is -1.22. The van der Waals surface area contributed by atoms with E-state index >= 15 is 0 Å². The van der Waals surface area contributed by atoms with Crippen LogP contribution in [0.25, 0.3) is 11.1 Å². The van der Waals surface area contributed by atoms with Crippen molar-refractivity contribution in [1.29, 1.82) is 0 Å². The SMILES string of the molecule is Oc1cccc(-c2cccc(O)c2O)c1O. The minimum Gasteiger partial charge on any atom is -0.504 e. The first kappa shape index (κ1) is 10.2. The highest BCUT2D eigenvalue weighted by molar-refractivity contribution is 5.79. The van der Waals surface area contributed by atoms with Crippen LogP contribution in [0.4, 0.5) is 0 Å². The van der Waals surface area contributed by atoms with Crippen LogP contribution < -0.4 is 0 Å². The minimum absolute atomic E-state index is 0.258. The van der Waals surface area contributed by atoms with Crippen molar-refractivity contribution < 1.29 is 20.4 Å². The molecule has 2 rings (SSSR count). The van der Waals surface area contributed by atoms with E-state index in [1.165, 1.54) is 36.4 Å². The van der Waals surface area contributed by atoms with E-state index in [9.17, 15) is 20.4 Å². The first-order chi connectivity index (χ1) is 7.61. The van der Waals surface area contributed by atoms with Gasteiger partial charge in [0.05, 0.1) is 0 Å². The molecule has 0 amide bonds. The van der Waals surface area contributed by atoms with Gasteiger partial charge in [0.1, 0.15) is 0 Å². The molecule has 0 aliphatic heterocycles. The van der Waals surface area contributed by atoms with Gasteiger partial charge < -0.3 is 20.4 Å². The van der Waals surface area contributed by atoms with E-state index in [0.717, 1.165) is 0 Å². The van der Waals surface area contributed by atoms with E-state index < -0.39 is 0 Å². The van der Waals surface area contributed by atoms with Crippen molar-refractivity contribution in [1.82, 2.24) is 0 Å². The molecular weight excluding hydrogens is 208 g/mol. The molecule has 16 heavy (non-hydrogen) atoms. The molecule has 2 aromatic carbocycles. The second-order valence-electron chi connectivity index (χ2n) is 3.35. The molecule has 0 aliphatic carbocycles. The summed E-state index contributed by atoms with van der Waals surface area (Å²) in [6.07, 6.45) is 0. The largest absolute Gasteiger partial charge is 0.504 e. The highest BCUT2D eigenvalue weighted by Gasteiger charge is 2.13. The standard InChI is InChI=1S/C12H10O4/c13-9-5-1-3-7(11(9)15)8-4-2-6-10(14)12(8)16/h1-6,13-16H. The summed E-state index contributed by atoms with van der Waals surface area (Å²) >= 11 is 0. The van der Waals surface area contributed by atoms with E-state index in [4.69, 9.17) is 0 Å². The summed E-state index contributed by atoms with van der Waals surface area (Å²) in [6.45, 7) is 0. The Bertz CT molecular complexity index is 485. The molecule has 0 bridgehead atoms. The van der Waals surface area contributed by atoms with Crippen LogP contribution in [0.3, 0.4) is 0 Å². The lowest BCUT2D eigenvalue weighted by molar-refractivity contribution is 0.400. The number of phenols is 4. The van der Waals surface area contributed by atoms with E-state index in [2.05, 4.69) is 0 Å². The van der Waals surface area contributed by atoms with Crippen LogP contribution in [0.5, 0.6) is 23.0 Å². The summed E-state index contributed by atoms with van der Waals surface area (Å²) in [4.78, 5) is 0. The average Bonchev–Trinajstić information content (AvgIpc) is 2.27. The molecule has 0 heterocycles. The van der Waals surface area contributed by atoms with E-state index in [1.54, 1.807) is 0 Å². The molecule has 0 unspecified atom stereocenters. The monoisotopic (exact) mass is 218 g/mol. The number of hydrogen-bond donors (Lipinski definition) is 4.